The lowest BCUT2D eigenvalue weighted by atomic mass is 10.2. The molecule has 1 aromatic rings. The quantitative estimate of drug-likeness (QED) is 0.633. The summed E-state index contributed by atoms with van der Waals surface area (Å²) >= 11 is 0. The van der Waals surface area contributed by atoms with Crippen molar-refractivity contribution in [3.05, 3.63) is 24.3 Å². The lowest BCUT2D eigenvalue weighted by Gasteiger charge is -2.11. The molecule has 0 aromatic heterocycles. The number of carboxylic acid groups (broad SMARTS) is 1. The van der Waals surface area contributed by atoms with Crippen molar-refractivity contribution in [2.45, 2.75) is 44.6 Å². The van der Waals surface area contributed by atoms with Gasteiger partial charge in [0.1, 0.15) is 6.10 Å². The number of hydrogen-bond acceptors (Lipinski definition) is 4. The number of benzene rings is 1. The molecule has 7 nitrogen and oxygen atoms in total. The second kappa shape index (κ2) is 9.02. The van der Waals surface area contributed by atoms with E-state index in [1.807, 2.05) is 0 Å². The van der Waals surface area contributed by atoms with Gasteiger partial charge in [0.2, 0.25) is 5.91 Å². The predicted octanol–water partition coefficient (Wildman–Crippen LogP) is 2.39. The van der Waals surface area contributed by atoms with Crippen molar-refractivity contribution >= 4 is 29.2 Å². The molecule has 0 radical (unpaired) electrons. The van der Waals surface area contributed by atoms with Gasteiger partial charge >= 0.3 is 5.97 Å². The highest BCUT2D eigenvalue weighted by Crippen LogP contribution is 2.17. The van der Waals surface area contributed by atoms with Gasteiger partial charge in [0.25, 0.3) is 5.91 Å². The summed E-state index contributed by atoms with van der Waals surface area (Å²) in [5.41, 5.74) is 1.28. The summed E-state index contributed by atoms with van der Waals surface area (Å²) in [6.07, 6.45) is 2.63. The predicted molar refractivity (Wildman–Crippen MR) is 88.8 cm³/mol. The molecule has 7 heteroatoms. The highest BCUT2D eigenvalue weighted by atomic mass is 16.5. The van der Waals surface area contributed by atoms with Crippen molar-refractivity contribution in [1.29, 1.82) is 0 Å². The second-order valence-electron chi connectivity index (χ2n) is 5.72. The number of carbonyl (C=O) groups is 3. The molecule has 24 heavy (non-hydrogen) atoms. The minimum Gasteiger partial charge on any atom is -0.481 e. The fourth-order valence-electron chi connectivity index (χ4n) is 2.43. The highest BCUT2D eigenvalue weighted by molar-refractivity contribution is 5.95. The monoisotopic (exact) mass is 334 g/mol. The number of nitrogens with one attached hydrogen (secondary N) is 2. The maximum atomic E-state index is 11.9. The fraction of sp³-hybridized carbons (Fsp3) is 0.471. The van der Waals surface area contributed by atoms with E-state index in [9.17, 15) is 14.4 Å². The molecule has 1 saturated heterocycles. The smallest absolute Gasteiger partial charge is 0.303 e. The van der Waals surface area contributed by atoms with E-state index in [1.165, 1.54) is 0 Å². The molecule has 1 aliphatic heterocycles. The van der Waals surface area contributed by atoms with E-state index in [-0.39, 0.29) is 30.8 Å². The van der Waals surface area contributed by atoms with Crippen LogP contribution >= 0.6 is 0 Å². The Morgan fingerprint density at radius 2 is 1.67 bits per heavy atom. The molecule has 0 aliphatic carbocycles. The van der Waals surface area contributed by atoms with Crippen LogP contribution in [0.1, 0.15) is 38.5 Å². The zero-order chi connectivity index (χ0) is 17.4. The molecule has 3 N–H and O–H groups in total. The molecule has 2 amide bonds. The van der Waals surface area contributed by atoms with Gasteiger partial charge in [-0.3, -0.25) is 14.4 Å². The summed E-state index contributed by atoms with van der Waals surface area (Å²) in [6.45, 7) is 0.621. The maximum Gasteiger partial charge on any atom is 0.303 e. The number of ether oxygens (including phenoxy) is 1. The van der Waals surface area contributed by atoms with Crippen LogP contribution in [0.2, 0.25) is 0 Å². The third kappa shape index (κ3) is 6.00. The Bertz CT molecular complexity index is 579. The van der Waals surface area contributed by atoms with Crippen LogP contribution in [0, 0.1) is 0 Å². The van der Waals surface area contributed by atoms with Gasteiger partial charge in [-0.1, -0.05) is 0 Å². The largest absolute Gasteiger partial charge is 0.481 e. The first-order valence-corrected chi connectivity index (χ1v) is 8.09. The molecule has 1 aliphatic rings. The van der Waals surface area contributed by atoms with Crippen LogP contribution in [0.25, 0.3) is 0 Å². The Kier molecular flexibility index (Phi) is 6.74. The topological polar surface area (TPSA) is 105 Å². The van der Waals surface area contributed by atoms with E-state index in [0.717, 1.165) is 12.8 Å². The average Bonchev–Trinajstić information content (AvgIpc) is 3.08. The number of amides is 2. The van der Waals surface area contributed by atoms with E-state index in [0.29, 0.717) is 30.8 Å². The molecular weight excluding hydrogens is 312 g/mol. The Labute approximate surface area is 140 Å². The molecule has 1 heterocycles. The molecule has 0 spiro atoms. The van der Waals surface area contributed by atoms with Crippen LogP contribution < -0.4 is 10.6 Å². The number of anilines is 2. The summed E-state index contributed by atoms with van der Waals surface area (Å²) in [5.74, 6) is -1.16. The first-order chi connectivity index (χ1) is 11.5. The Hall–Kier alpha value is -2.41. The highest BCUT2D eigenvalue weighted by Gasteiger charge is 2.23. The zero-order valence-corrected chi connectivity index (χ0v) is 13.4. The number of carboxylic acids is 1. The van der Waals surface area contributed by atoms with Crippen molar-refractivity contribution in [3.63, 3.8) is 0 Å². The summed E-state index contributed by atoms with van der Waals surface area (Å²) in [5, 5.41) is 14.1. The summed E-state index contributed by atoms with van der Waals surface area (Å²) in [4.78, 5) is 34.1. The van der Waals surface area contributed by atoms with Crippen molar-refractivity contribution in [3.8, 4) is 0 Å². The van der Waals surface area contributed by atoms with Crippen LogP contribution in [0.4, 0.5) is 11.4 Å². The average molecular weight is 334 g/mol. The Morgan fingerprint density at radius 3 is 2.25 bits per heavy atom. The number of carbonyl (C=O) groups excluding carboxylic acids is 2. The SMILES string of the molecule is O=C(O)CCCCC(=O)Nc1ccc(NC(=O)C2CCCO2)cc1. The minimum absolute atomic E-state index is 0.0758. The Balaban J connectivity index is 1.73. The van der Waals surface area contributed by atoms with Gasteiger partial charge in [0.05, 0.1) is 0 Å². The van der Waals surface area contributed by atoms with Crippen molar-refractivity contribution in [2.75, 3.05) is 17.2 Å². The number of hydrogen-bond donors (Lipinski definition) is 3. The molecular formula is C17H22N2O5. The summed E-state index contributed by atoms with van der Waals surface area (Å²) in [7, 11) is 0. The fourth-order valence-corrected chi connectivity index (χ4v) is 2.43. The lowest BCUT2D eigenvalue weighted by Crippen LogP contribution is -2.26. The van der Waals surface area contributed by atoms with E-state index in [1.54, 1.807) is 24.3 Å². The van der Waals surface area contributed by atoms with Gasteiger partial charge in [0.15, 0.2) is 0 Å². The third-order valence-corrected chi connectivity index (χ3v) is 3.70. The van der Waals surface area contributed by atoms with Gasteiger partial charge in [-0.25, -0.2) is 0 Å². The van der Waals surface area contributed by atoms with Crippen LogP contribution in [-0.2, 0) is 19.1 Å². The van der Waals surface area contributed by atoms with E-state index < -0.39 is 5.97 Å². The zero-order valence-electron chi connectivity index (χ0n) is 13.4. The van der Waals surface area contributed by atoms with Crippen LogP contribution in [0.3, 0.4) is 0 Å². The van der Waals surface area contributed by atoms with Crippen molar-refractivity contribution in [2.24, 2.45) is 0 Å². The van der Waals surface area contributed by atoms with Crippen molar-refractivity contribution in [1.82, 2.24) is 0 Å². The minimum atomic E-state index is -0.851. The molecule has 1 atom stereocenters. The van der Waals surface area contributed by atoms with Gasteiger partial charge in [0, 0.05) is 30.8 Å². The molecule has 1 aromatic carbocycles. The van der Waals surface area contributed by atoms with E-state index in [4.69, 9.17) is 9.84 Å². The normalized spacial score (nSPS) is 16.6. The maximum absolute atomic E-state index is 11.9. The van der Waals surface area contributed by atoms with Gasteiger partial charge in [-0.15, -0.1) is 0 Å². The van der Waals surface area contributed by atoms with Crippen LogP contribution in [-0.4, -0.2) is 35.6 Å². The third-order valence-electron chi connectivity index (χ3n) is 3.70. The van der Waals surface area contributed by atoms with Crippen molar-refractivity contribution < 1.29 is 24.2 Å². The molecule has 0 saturated carbocycles. The van der Waals surface area contributed by atoms with Crippen LogP contribution in [0.15, 0.2) is 24.3 Å². The first kappa shape index (κ1) is 17.9. The number of unbranched alkanes of at least 4 members (excludes halogenated alkanes) is 1. The molecule has 2 rings (SSSR count). The van der Waals surface area contributed by atoms with Crippen LogP contribution in [0.5, 0.6) is 0 Å². The molecule has 0 bridgehead atoms. The van der Waals surface area contributed by atoms with Gasteiger partial charge in [-0.05, 0) is 49.9 Å². The first-order valence-electron chi connectivity index (χ1n) is 8.09. The van der Waals surface area contributed by atoms with E-state index >= 15 is 0 Å². The molecule has 1 unspecified atom stereocenters. The molecule has 1 fully saturated rings. The Morgan fingerprint density at radius 1 is 1.04 bits per heavy atom. The summed E-state index contributed by atoms with van der Waals surface area (Å²) < 4.78 is 5.32. The van der Waals surface area contributed by atoms with E-state index in [2.05, 4.69) is 10.6 Å². The van der Waals surface area contributed by atoms with Gasteiger partial charge in [-0.2, -0.15) is 0 Å². The summed E-state index contributed by atoms with van der Waals surface area (Å²) in [6, 6.07) is 6.85. The number of aliphatic carboxylic acids is 1. The second-order valence-corrected chi connectivity index (χ2v) is 5.72. The molecule has 130 valence electrons. The van der Waals surface area contributed by atoms with Gasteiger partial charge < -0.3 is 20.5 Å². The standard InChI is InChI=1S/C17H22N2O5/c20-15(5-1-2-6-16(21)22)18-12-7-9-13(10-8-12)19-17(23)14-4-3-11-24-14/h7-10,14H,1-6,11H2,(H,18,20)(H,19,23)(H,21,22). The number of rotatable bonds is 8. The lowest BCUT2D eigenvalue weighted by molar-refractivity contribution is -0.137.